The van der Waals surface area contributed by atoms with Crippen LogP contribution in [0.1, 0.15) is 44.6 Å². The maximum atomic E-state index is 12.0. The van der Waals surface area contributed by atoms with Crippen molar-refractivity contribution >= 4 is 11.7 Å². The predicted octanol–water partition coefficient (Wildman–Crippen LogP) is 2.24. The number of nitrogens with zero attached hydrogens (tertiary/aromatic N) is 3. The third-order valence-corrected chi connectivity index (χ3v) is 7.04. The largest absolute Gasteiger partial charge is 0.493 e. The van der Waals surface area contributed by atoms with E-state index in [9.17, 15) is 4.79 Å². The second-order valence-corrected chi connectivity index (χ2v) is 8.93. The Morgan fingerprint density at radius 3 is 2.77 bits per heavy atom. The van der Waals surface area contributed by atoms with E-state index in [4.69, 9.17) is 9.47 Å². The molecule has 7 nitrogen and oxygen atoms in total. The quantitative estimate of drug-likeness (QED) is 0.735. The number of hydrogen-bond acceptors (Lipinski definition) is 6. The summed E-state index contributed by atoms with van der Waals surface area (Å²) in [6, 6.07) is 2.31. The molecule has 166 valence electrons. The van der Waals surface area contributed by atoms with Gasteiger partial charge in [-0.05, 0) is 57.6 Å². The van der Waals surface area contributed by atoms with Gasteiger partial charge in [-0.1, -0.05) is 0 Å². The van der Waals surface area contributed by atoms with Crippen molar-refractivity contribution in [1.82, 2.24) is 15.2 Å². The van der Waals surface area contributed by atoms with Crippen LogP contribution in [-0.4, -0.2) is 74.4 Å². The van der Waals surface area contributed by atoms with E-state index in [1.807, 2.05) is 12.3 Å². The molecule has 2 aliphatic heterocycles. The third kappa shape index (κ3) is 5.06. The summed E-state index contributed by atoms with van der Waals surface area (Å²) in [7, 11) is 1.58. The molecule has 1 aliphatic carbocycles. The Hall–Kier alpha value is -1.86. The molecular formula is C23H36N4O3. The fourth-order valence-corrected chi connectivity index (χ4v) is 4.94. The molecule has 1 amide bonds. The van der Waals surface area contributed by atoms with Crippen molar-refractivity contribution in [1.29, 1.82) is 0 Å². The number of anilines is 1. The van der Waals surface area contributed by atoms with Crippen LogP contribution in [0.15, 0.2) is 12.3 Å². The first-order valence-electron chi connectivity index (χ1n) is 11.5. The van der Waals surface area contributed by atoms with Gasteiger partial charge in [0.1, 0.15) is 17.7 Å². The highest BCUT2D eigenvalue weighted by atomic mass is 16.5. The molecule has 1 saturated carbocycles. The summed E-state index contributed by atoms with van der Waals surface area (Å²) >= 11 is 0. The van der Waals surface area contributed by atoms with Crippen molar-refractivity contribution in [3.63, 3.8) is 0 Å². The van der Waals surface area contributed by atoms with E-state index in [-0.39, 0.29) is 12.0 Å². The predicted molar refractivity (Wildman–Crippen MR) is 117 cm³/mol. The van der Waals surface area contributed by atoms with Crippen molar-refractivity contribution in [3.8, 4) is 5.75 Å². The molecule has 1 aromatic heterocycles. The van der Waals surface area contributed by atoms with Gasteiger partial charge in [0.25, 0.3) is 0 Å². The van der Waals surface area contributed by atoms with Crippen LogP contribution in [0, 0.1) is 5.92 Å². The number of aromatic nitrogens is 1. The number of methoxy groups -OCH3 is 1. The van der Waals surface area contributed by atoms with Gasteiger partial charge < -0.3 is 19.7 Å². The fraction of sp³-hybridized carbons (Fsp3) is 0.739. The molecule has 0 bridgehead atoms. The van der Waals surface area contributed by atoms with E-state index < -0.39 is 0 Å². The zero-order valence-corrected chi connectivity index (χ0v) is 18.4. The van der Waals surface area contributed by atoms with Crippen molar-refractivity contribution < 1.29 is 14.3 Å². The molecule has 1 N–H and O–H groups in total. The van der Waals surface area contributed by atoms with Crippen LogP contribution in [0.25, 0.3) is 0 Å². The van der Waals surface area contributed by atoms with Crippen LogP contribution in [0.2, 0.25) is 0 Å². The molecule has 0 aromatic carbocycles. The van der Waals surface area contributed by atoms with Crippen molar-refractivity contribution in [3.05, 3.63) is 17.8 Å². The minimum atomic E-state index is -0.360. The average Bonchev–Trinajstić information content (AvgIpc) is 3.27. The Morgan fingerprint density at radius 2 is 2.03 bits per heavy atom. The number of rotatable bonds is 7. The van der Waals surface area contributed by atoms with E-state index in [0.29, 0.717) is 6.04 Å². The Labute approximate surface area is 180 Å². The summed E-state index contributed by atoms with van der Waals surface area (Å²) < 4.78 is 10.8. The summed E-state index contributed by atoms with van der Waals surface area (Å²) in [5.74, 6) is 2.95. The van der Waals surface area contributed by atoms with Gasteiger partial charge in [0, 0.05) is 57.5 Å². The second kappa shape index (κ2) is 9.96. The number of carbonyl (C=O) groups is 1. The first-order chi connectivity index (χ1) is 14.6. The molecule has 30 heavy (non-hydrogen) atoms. The Morgan fingerprint density at radius 1 is 1.27 bits per heavy atom. The van der Waals surface area contributed by atoms with Crippen molar-refractivity contribution in [2.75, 3.05) is 51.3 Å². The lowest BCUT2D eigenvalue weighted by Crippen LogP contribution is -2.47. The highest BCUT2D eigenvalue weighted by Crippen LogP contribution is 2.32. The monoisotopic (exact) mass is 416 g/mol. The lowest BCUT2D eigenvalue weighted by atomic mass is 9.84. The molecule has 3 aliphatic rings. The van der Waals surface area contributed by atoms with Gasteiger partial charge in [0.2, 0.25) is 5.91 Å². The lowest BCUT2D eigenvalue weighted by Gasteiger charge is -2.37. The zero-order chi connectivity index (χ0) is 20.9. The Balaban J connectivity index is 1.16. The number of pyridine rings is 1. The highest BCUT2D eigenvalue weighted by molar-refractivity contribution is 5.80. The zero-order valence-electron chi connectivity index (χ0n) is 18.4. The number of piperazine rings is 1. The average molecular weight is 417 g/mol. The number of hydrogen-bond donors (Lipinski definition) is 1. The first kappa shape index (κ1) is 21.4. The summed E-state index contributed by atoms with van der Waals surface area (Å²) in [5, 5.41) is 3.14. The molecule has 7 heteroatoms. The summed E-state index contributed by atoms with van der Waals surface area (Å²) in [4.78, 5) is 21.7. The number of amides is 1. The Kier molecular flexibility index (Phi) is 7.10. The van der Waals surface area contributed by atoms with Crippen LogP contribution in [0.4, 0.5) is 5.82 Å². The maximum absolute atomic E-state index is 12.0. The molecule has 1 aromatic rings. The number of nitrogens with one attached hydrogen (secondary N) is 1. The van der Waals surface area contributed by atoms with Crippen molar-refractivity contribution in [2.45, 2.75) is 57.6 Å². The van der Waals surface area contributed by atoms with E-state index in [1.54, 1.807) is 14.0 Å². The Bertz CT molecular complexity index is 712. The lowest BCUT2D eigenvalue weighted by molar-refractivity contribution is -0.131. The van der Waals surface area contributed by atoms with Gasteiger partial charge in [0.05, 0.1) is 6.61 Å². The topological polar surface area (TPSA) is 66.9 Å². The van der Waals surface area contributed by atoms with Crippen LogP contribution in [-0.2, 0) is 16.0 Å². The maximum Gasteiger partial charge on any atom is 0.249 e. The molecule has 1 atom stereocenters. The van der Waals surface area contributed by atoms with Gasteiger partial charge in [-0.25, -0.2) is 4.98 Å². The van der Waals surface area contributed by atoms with E-state index in [2.05, 4.69) is 20.1 Å². The summed E-state index contributed by atoms with van der Waals surface area (Å²) in [6.07, 6.45) is 8.37. The minimum Gasteiger partial charge on any atom is -0.493 e. The number of fused-ring (bicyclic) bond motifs is 1. The SMILES string of the molecule is CO[C@@H](C)C(=O)N[C@H]1CC[C@H](CCN2CCN(c3nccc4c3CCO4)CC2)CC1. The smallest absolute Gasteiger partial charge is 0.249 e. The van der Waals surface area contributed by atoms with Crippen LogP contribution in [0.5, 0.6) is 5.75 Å². The molecule has 0 radical (unpaired) electrons. The molecule has 3 heterocycles. The third-order valence-electron chi connectivity index (χ3n) is 7.04. The standard InChI is InChI=1S/C23H36N4O3/c1-17(29-2)23(28)25-19-5-3-18(4-6-19)8-11-26-12-14-27(15-13-26)22-20-9-16-30-21(20)7-10-24-22/h7,10,17-19H,3-6,8-9,11-16H2,1-2H3,(H,25,28)/t17-,18-,19-/m0/s1. The van der Waals surface area contributed by atoms with Gasteiger partial charge in [-0.2, -0.15) is 0 Å². The van der Waals surface area contributed by atoms with Crippen molar-refractivity contribution in [2.24, 2.45) is 5.92 Å². The van der Waals surface area contributed by atoms with E-state index in [0.717, 1.165) is 69.5 Å². The molecule has 4 rings (SSSR count). The molecule has 0 unspecified atom stereocenters. The van der Waals surface area contributed by atoms with Gasteiger partial charge in [-0.15, -0.1) is 0 Å². The van der Waals surface area contributed by atoms with Gasteiger partial charge in [-0.3, -0.25) is 9.69 Å². The molecular weight excluding hydrogens is 380 g/mol. The second-order valence-electron chi connectivity index (χ2n) is 8.93. The summed E-state index contributed by atoms with van der Waals surface area (Å²) in [5.41, 5.74) is 1.29. The number of carbonyl (C=O) groups excluding carboxylic acids is 1. The first-order valence-corrected chi connectivity index (χ1v) is 11.5. The van der Waals surface area contributed by atoms with Gasteiger partial charge >= 0.3 is 0 Å². The fourth-order valence-electron chi connectivity index (χ4n) is 4.94. The molecule has 2 fully saturated rings. The molecule has 0 spiro atoms. The van der Waals surface area contributed by atoms with E-state index in [1.165, 1.54) is 31.4 Å². The van der Waals surface area contributed by atoms with E-state index >= 15 is 0 Å². The number of ether oxygens (including phenoxy) is 2. The normalized spacial score (nSPS) is 25.5. The van der Waals surface area contributed by atoms with Crippen LogP contribution >= 0.6 is 0 Å². The van der Waals surface area contributed by atoms with Crippen LogP contribution < -0.4 is 15.0 Å². The van der Waals surface area contributed by atoms with Gasteiger partial charge in [0.15, 0.2) is 0 Å². The minimum absolute atomic E-state index is 0.0175. The highest BCUT2D eigenvalue weighted by Gasteiger charge is 2.27. The van der Waals surface area contributed by atoms with Crippen LogP contribution in [0.3, 0.4) is 0 Å². The summed E-state index contributed by atoms with van der Waals surface area (Å²) in [6.45, 7) is 8.06. The molecule has 1 saturated heterocycles.